The van der Waals surface area contributed by atoms with Gasteiger partial charge in [0.1, 0.15) is 5.52 Å². The Balaban J connectivity index is 2.32. The highest BCUT2D eigenvalue weighted by molar-refractivity contribution is 6.31. The summed E-state index contributed by atoms with van der Waals surface area (Å²) >= 11 is 5.79. The summed E-state index contributed by atoms with van der Waals surface area (Å²) in [4.78, 5) is 4.62. The summed E-state index contributed by atoms with van der Waals surface area (Å²) < 4.78 is 5.29. The summed E-state index contributed by atoms with van der Waals surface area (Å²) in [5.41, 5.74) is 0.853. The zero-order chi connectivity index (χ0) is 12.3. The van der Waals surface area contributed by atoms with Crippen LogP contribution >= 0.6 is 11.6 Å². The molecule has 0 unspecified atom stereocenters. The number of benzene rings is 1. The lowest BCUT2D eigenvalue weighted by Gasteiger charge is -2.04. The van der Waals surface area contributed by atoms with Crippen molar-refractivity contribution in [3.63, 3.8) is 0 Å². The van der Waals surface area contributed by atoms with Gasteiger partial charge in [-0.25, -0.2) is 0 Å². The zero-order valence-corrected chi connectivity index (χ0v) is 10.1. The normalized spacial score (nSPS) is 10.7. The van der Waals surface area contributed by atoms with E-state index in [0.29, 0.717) is 27.5 Å². The molecule has 0 N–H and O–H groups in total. The molecule has 0 spiro atoms. The first-order chi connectivity index (χ1) is 8.20. The van der Waals surface area contributed by atoms with Gasteiger partial charge in [0.2, 0.25) is 0 Å². The highest BCUT2D eigenvalue weighted by Gasteiger charge is 2.11. The number of hydrogen-bond acceptors (Lipinski definition) is 4. The predicted molar refractivity (Wildman–Crippen MR) is 63.9 cm³/mol. The van der Waals surface area contributed by atoms with Crippen molar-refractivity contribution in [3.05, 3.63) is 28.4 Å². The topological polar surface area (TPSA) is 62.0 Å². The van der Waals surface area contributed by atoms with E-state index in [1.165, 1.54) is 6.07 Å². The average Bonchev–Trinajstić information content (AvgIpc) is 2.31. The number of fused-ring (bicyclic) bond motifs is 1. The molecule has 0 aliphatic rings. The smallest absolute Gasteiger partial charge is 0.381 e. The maximum absolute atomic E-state index is 11.6. The molecule has 6 heteroatoms. The van der Waals surface area contributed by atoms with E-state index in [1.807, 2.05) is 0 Å². The standard InChI is InChI=1S/C11H12ClN3O2/c1-2-3-6-17-11-13-9-5-4-8(12)7-10(9)15(16)14-11/h4-5,7H,2-3,6H2,1H3. The number of ether oxygens (including phenoxy) is 1. The van der Waals surface area contributed by atoms with Crippen LogP contribution in [0.1, 0.15) is 19.8 Å². The second-order valence-electron chi connectivity index (χ2n) is 3.60. The SMILES string of the molecule is CCCCOc1nc2ccc(Cl)cc2[n+]([O-])n1. The predicted octanol–water partition coefficient (Wildman–Crippen LogP) is 2.10. The van der Waals surface area contributed by atoms with Crippen molar-refractivity contribution in [2.24, 2.45) is 0 Å². The van der Waals surface area contributed by atoms with Crippen molar-refractivity contribution in [2.45, 2.75) is 19.8 Å². The molecule has 90 valence electrons. The molecule has 0 radical (unpaired) electrons. The van der Waals surface area contributed by atoms with E-state index in [0.717, 1.165) is 12.8 Å². The minimum absolute atomic E-state index is 0.100. The lowest BCUT2D eigenvalue weighted by atomic mass is 10.3. The van der Waals surface area contributed by atoms with Gasteiger partial charge in [0, 0.05) is 11.1 Å². The molecule has 0 bridgehead atoms. The third-order valence-corrected chi connectivity index (χ3v) is 2.50. The van der Waals surface area contributed by atoms with Crippen LogP contribution in [0.15, 0.2) is 18.2 Å². The maximum atomic E-state index is 11.6. The Kier molecular flexibility index (Phi) is 3.58. The molecule has 0 aliphatic heterocycles. The van der Waals surface area contributed by atoms with E-state index in [9.17, 15) is 5.21 Å². The van der Waals surface area contributed by atoms with Gasteiger partial charge in [-0.05, 0) is 23.4 Å². The third-order valence-electron chi connectivity index (χ3n) is 2.27. The quantitative estimate of drug-likeness (QED) is 0.476. The number of halogens is 1. The van der Waals surface area contributed by atoms with E-state index in [1.54, 1.807) is 12.1 Å². The van der Waals surface area contributed by atoms with Gasteiger partial charge < -0.3 is 9.94 Å². The van der Waals surface area contributed by atoms with Crippen molar-refractivity contribution in [1.29, 1.82) is 0 Å². The number of hydrogen-bond donors (Lipinski definition) is 0. The Hall–Kier alpha value is -1.62. The van der Waals surface area contributed by atoms with Gasteiger partial charge in [-0.2, -0.15) is 4.98 Å². The van der Waals surface area contributed by atoms with Crippen LogP contribution in [0, 0.1) is 5.21 Å². The fourth-order valence-corrected chi connectivity index (χ4v) is 1.54. The molecule has 0 amide bonds. The number of aromatic nitrogens is 3. The van der Waals surface area contributed by atoms with Crippen molar-refractivity contribution in [3.8, 4) is 6.01 Å². The van der Waals surface area contributed by atoms with Crippen LogP contribution in [0.4, 0.5) is 0 Å². The Bertz CT molecular complexity index is 533. The fraction of sp³-hybridized carbons (Fsp3) is 0.364. The molecule has 17 heavy (non-hydrogen) atoms. The van der Waals surface area contributed by atoms with E-state index in [2.05, 4.69) is 17.0 Å². The molecule has 5 nitrogen and oxygen atoms in total. The van der Waals surface area contributed by atoms with Crippen LogP contribution in [0.2, 0.25) is 5.02 Å². The molecule has 1 aromatic carbocycles. The second kappa shape index (κ2) is 5.14. The van der Waals surface area contributed by atoms with Crippen LogP contribution in [0.5, 0.6) is 6.01 Å². The Morgan fingerprint density at radius 3 is 3.06 bits per heavy atom. The Labute approximate surface area is 104 Å². The summed E-state index contributed by atoms with van der Waals surface area (Å²) in [6, 6.07) is 4.97. The van der Waals surface area contributed by atoms with Gasteiger partial charge >= 0.3 is 6.01 Å². The summed E-state index contributed by atoms with van der Waals surface area (Å²) in [6.07, 6.45) is 1.92. The second-order valence-corrected chi connectivity index (χ2v) is 4.04. The van der Waals surface area contributed by atoms with Gasteiger partial charge in [-0.15, -0.1) is 0 Å². The van der Waals surface area contributed by atoms with Crippen molar-refractivity contribution >= 4 is 22.6 Å². The van der Waals surface area contributed by atoms with Gasteiger partial charge in [0.05, 0.1) is 11.7 Å². The van der Waals surface area contributed by atoms with E-state index in [4.69, 9.17) is 16.3 Å². The molecule has 0 saturated heterocycles. The number of unbranched alkanes of at least 4 members (excludes halogenated alkanes) is 1. The number of nitrogens with zero attached hydrogens (tertiary/aromatic N) is 3. The van der Waals surface area contributed by atoms with Crippen molar-refractivity contribution in [2.75, 3.05) is 6.61 Å². The van der Waals surface area contributed by atoms with Crippen molar-refractivity contribution in [1.82, 2.24) is 10.1 Å². The monoisotopic (exact) mass is 253 g/mol. The van der Waals surface area contributed by atoms with Gasteiger partial charge in [-0.1, -0.05) is 24.9 Å². The Morgan fingerprint density at radius 2 is 2.29 bits per heavy atom. The first-order valence-electron chi connectivity index (χ1n) is 5.40. The summed E-state index contributed by atoms with van der Waals surface area (Å²) in [5.74, 6) is 0. The first-order valence-corrected chi connectivity index (χ1v) is 5.78. The summed E-state index contributed by atoms with van der Waals surface area (Å²) in [7, 11) is 0. The Morgan fingerprint density at radius 1 is 1.47 bits per heavy atom. The summed E-state index contributed by atoms with van der Waals surface area (Å²) in [5, 5.41) is 15.8. The first kappa shape index (κ1) is 11.9. The third kappa shape index (κ3) is 2.74. The summed E-state index contributed by atoms with van der Waals surface area (Å²) in [6.45, 7) is 2.57. The van der Waals surface area contributed by atoms with Gasteiger partial charge in [0.15, 0.2) is 0 Å². The molecule has 1 aromatic heterocycles. The van der Waals surface area contributed by atoms with Gasteiger partial charge in [0.25, 0.3) is 5.52 Å². The van der Waals surface area contributed by atoms with E-state index < -0.39 is 0 Å². The average molecular weight is 254 g/mol. The van der Waals surface area contributed by atoms with Crippen LogP contribution in [0.3, 0.4) is 0 Å². The minimum atomic E-state index is 0.100. The fourth-order valence-electron chi connectivity index (χ4n) is 1.37. The highest BCUT2D eigenvalue weighted by Crippen LogP contribution is 2.15. The van der Waals surface area contributed by atoms with E-state index >= 15 is 0 Å². The molecule has 2 rings (SSSR count). The molecule has 0 fully saturated rings. The highest BCUT2D eigenvalue weighted by atomic mass is 35.5. The van der Waals surface area contributed by atoms with Gasteiger partial charge in [-0.3, -0.25) is 0 Å². The number of rotatable bonds is 4. The zero-order valence-electron chi connectivity index (χ0n) is 9.39. The van der Waals surface area contributed by atoms with Crippen LogP contribution in [-0.4, -0.2) is 16.7 Å². The molecular formula is C11H12ClN3O2. The lowest BCUT2D eigenvalue weighted by molar-refractivity contribution is -0.643. The van der Waals surface area contributed by atoms with Crippen LogP contribution in [-0.2, 0) is 0 Å². The molecule has 0 saturated carbocycles. The molecule has 0 aliphatic carbocycles. The minimum Gasteiger partial charge on any atom is -0.594 e. The van der Waals surface area contributed by atoms with Crippen LogP contribution < -0.4 is 9.58 Å². The lowest BCUT2D eigenvalue weighted by Crippen LogP contribution is -2.33. The van der Waals surface area contributed by atoms with Crippen molar-refractivity contribution < 1.29 is 9.58 Å². The maximum Gasteiger partial charge on any atom is 0.381 e. The van der Waals surface area contributed by atoms with Crippen LogP contribution in [0.25, 0.3) is 11.0 Å². The van der Waals surface area contributed by atoms with E-state index in [-0.39, 0.29) is 6.01 Å². The molecular weight excluding hydrogens is 242 g/mol. The molecule has 1 heterocycles. The largest absolute Gasteiger partial charge is 0.594 e. The molecule has 2 aromatic rings. The molecule has 0 atom stereocenters.